The van der Waals surface area contributed by atoms with Gasteiger partial charge in [-0.05, 0) is 24.6 Å². The summed E-state index contributed by atoms with van der Waals surface area (Å²) in [6.07, 6.45) is 0. The largest absolute Gasteiger partial charge is 0.508 e. The van der Waals surface area contributed by atoms with Crippen molar-refractivity contribution in [2.45, 2.75) is 6.92 Å². The van der Waals surface area contributed by atoms with Crippen molar-refractivity contribution in [3.63, 3.8) is 0 Å². The van der Waals surface area contributed by atoms with Crippen LogP contribution in [0.4, 0.5) is 0 Å². The first-order valence-electron chi connectivity index (χ1n) is 3.68. The molecule has 68 valence electrons. The van der Waals surface area contributed by atoms with E-state index >= 15 is 0 Å². The number of aromatic hydroxyl groups is 1. The van der Waals surface area contributed by atoms with E-state index in [1.807, 2.05) is 0 Å². The van der Waals surface area contributed by atoms with E-state index in [9.17, 15) is 5.11 Å². The van der Waals surface area contributed by atoms with E-state index in [4.69, 9.17) is 10.3 Å². The van der Waals surface area contributed by atoms with Gasteiger partial charge in [0.25, 0.3) is 0 Å². The summed E-state index contributed by atoms with van der Waals surface area (Å²) in [7, 11) is 0. The topological polar surface area (TPSA) is 78.2 Å². The summed E-state index contributed by atoms with van der Waals surface area (Å²) in [5.74, 6) is 0.686. The molecule has 0 saturated heterocycles. The Bertz CT molecular complexity index is 345. The minimum absolute atomic E-state index is 0.0687. The Hall–Kier alpha value is -1.87. The molecule has 5 nitrogen and oxygen atoms in total. The van der Waals surface area contributed by atoms with Gasteiger partial charge in [-0.15, -0.1) is 0 Å². The Morgan fingerprint density at radius 2 is 2.38 bits per heavy atom. The minimum Gasteiger partial charge on any atom is -0.508 e. The molecular formula is C8H9N3O2. The third kappa shape index (κ3) is 2.28. The van der Waals surface area contributed by atoms with Gasteiger partial charge in [0, 0.05) is 10.5 Å². The monoisotopic (exact) mass is 179 g/mol. The lowest BCUT2D eigenvalue weighted by molar-refractivity contribution is 0.324. The van der Waals surface area contributed by atoms with E-state index in [1.54, 1.807) is 25.1 Å². The fourth-order valence-electron chi connectivity index (χ4n) is 0.883. The smallest absolute Gasteiger partial charge is 0.167 e. The van der Waals surface area contributed by atoms with E-state index in [-0.39, 0.29) is 12.5 Å². The lowest BCUT2D eigenvalue weighted by atomic mass is 10.2. The van der Waals surface area contributed by atoms with Crippen LogP contribution in [0.2, 0.25) is 0 Å². The van der Waals surface area contributed by atoms with Gasteiger partial charge in [0.05, 0.1) is 0 Å². The number of hydrogen-bond acceptors (Lipinski definition) is 3. The highest BCUT2D eigenvalue weighted by molar-refractivity contribution is 5.42. The maximum Gasteiger partial charge on any atom is 0.167 e. The molecule has 1 rings (SSSR count). The van der Waals surface area contributed by atoms with Crippen LogP contribution in [0.1, 0.15) is 5.56 Å². The Kier molecular flexibility index (Phi) is 3.00. The van der Waals surface area contributed by atoms with Gasteiger partial charge in [-0.25, -0.2) is 0 Å². The second-order valence-electron chi connectivity index (χ2n) is 2.40. The Labute approximate surface area is 75.2 Å². The van der Waals surface area contributed by atoms with Crippen LogP contribution >= 0.6 is 0 Å². The molecule has 0 bridgehead atoms. The van der Waals surface area contributed by atoms with Crippen LogP contribution in [0.3, 0.4) is 0 Å². The van der Waals surface area contributed by atoms with Gasteiger partial charge in [0.2, 0.25) is 0 Å². The van der Waals surface area contributed by atoms with Gasteiger partial charge in [0.15, 0.2) is 6.73 Å². The first-order valence-corrected chi connectivity index (χ1v) is 3.68. The predicted molar refractivity (Wildman–Crippen MR) is 47.5 cm³/mol. The van der Waals surface area contributed by atoms with E-state index in [0.29, 0.717) is 11.3 Å². The number of hydrogen-bond donors (Lipinski definition) is 1. The van der Waals surface area contributed by atoms with E-state index in [1.165, 1.54) is 0 Å². The fourth-order valence-corrected chi connectivity index (χ4v) is 0.883. The van der Waals surface area contributed by atoms with Gasteiger partial charge >= 0.3 is 0 Å². The number of phenolic OH excluding ortho intramolecular Hbond substituents is 1. The average molecular weight is 179 g/mol. The molecule has 0 heterocycles. The molecule has 0 aromatic heterocycles. The number of ether oxygens (including phenoxy) is 1. The van der Waals surface area contributed by atoms with Crippen molar-refractivity contribution >= 4 is 0 Å². The van der Waals surface area contributed by atoms with Crippen molar-refractivity contribution in [2.75, 3.05) is 6.73 Å². The van der Waals surface area contributed by atoms with Crippen molar-refractivity contribution in [3.8, 4) is 11.5 Å². The van der Waals surface area contributed by atoms with Crippen LogP contribution in [0.5, 0.6) is 11.5 Å². The van der Waals surface area contributed by atoms with Crippen LogP contribution < -0.4 is 4.74 Å². The van der Waals surface area contributed by atoms with Gasteiger partial charge in [0.1, 0.15) is 11.5 Å². The van der Waals surface area contributed by atoms with Crippen LogP contribution in [0.25, 0.3) is 10.4 Å². The third-order valence-electron chi connectivity index (χ3n) is 1.60. The molecule has 5 heteroatoms. The van der Waals surface area contributed by atoms with Gasteiger partial charge in [-0.1, -0.05) is 11.2 Å². The number of rotatable bonds is 3. The Morgan fingerprint density at radius 1 is 1.62 bits per heavy atom. The molecule has 1 aromatic rings. The first-order chi connectivity index (χ1) is 6.25. The molecular weight excluding hydrogens is 170 g/mol. The summed E-state index contributed by atoms with van der Waals surface area (Å²) in [5, 5.41) is 12.5. The second-order valence-corrected chi connectivity index (χ2v) is 2.40. The molecule has 0 radical (unpaired) electrons. The van der Waals surface area contributed by atoms with Crippen molar-refractivity contribution in [1.29, 1.82) is 0 Å². The van der Waals surface area contributed by atoms with Crippen molar-refractivity contribution in [2.24, 2.45) is 5.11 Å². The Morgan fingerprint density at radius 3 is 3.08 bits per heavy atom. The first kappa shape index (κ1) is 9.22. The molecule has 0 amide bonds. The summed E-state index contributed by atoms with van der Waals surface area (Å²) in [6, 6.07) is 4.92. The van der Waals surface area contributed by atoms with Gasteiger partial charge in [-0.3, -0.25) is 0 Å². The number of phenols is 1. The van der Waals surface area contributed by atoms with E-state index in [0.717, 1.165) is 0 Å². The molecule has 0 aliphatic heterocycles. The summed E-state index contributed by atoms with van der Waals surface area (Å²) in [6.45, 7) is 1.65. The zero-order chi connectivity index (χ0) is 9.68. The molecule has 1 N–H and O–H groups in total. The summed E-state index contributed by atoms with van der Waals surface area (Å²) >= 11 is 0. The molecule has 1 aromatic carbocycles. The summed E-state index contributed by atoms with van der Waals surface area (Å²) in [4.78, 5) is 2.54. The standard InChI is InChI=1S/C8H9N3O2/c1-6-7(12)3-2-4-8(6)13-5-10-11-9/h2-4,12H,5H2,1H3. The van der Waals surface area contributed by atoms with Crippen LogP contribution in [0.15, 0.2) is 23.3 Å². The van der Waals surface area contributed by atoms with Crippen molar-refractivity contribution < 1.29 is 9.84 Å². The zero-order valence-corrected chi connectivity index (χ0v) is 7.14. The molecule has 0 fully saturated rings. The predicted octanol–water partition coefficient (Wildman–Crippen LogP) is 2.35. The van der Waals surface area contributed by atoms with Gasteiger partial charge < -0.3 is 9.84 Å². The van der Waals surface area contributed by atoms with Crippen molar-refractivity contribution in [1.82, 2.24) is 0 Å². The Balaban J connectivity index is 2.76. The SMILES string of the molecule is Cc1c(O)cccc1OCN=[N+]=[N-]. The number of azide groups is 1. The maximum absolute atomic E-state index is 9.27. The van der Waals surface area contributed by atoms with Gasteiger partial charge in [-0.2, -0.15) is 0 Å². The zero-order valence-electron chi connectivity index (χ0n) is 7.14. The van der Waals surface area contributed by atoms with E-state index < -0.39 is 0 Å². The average Bonchev–Trinajstić information content (AvgIpc) is 2.13. The molecule has 0 unspecified atom stereocenters. The normalized spacial score (nSPS) is 9.00. The molecule has 13 heavy (non-hydrogen) atoms. The fraction of sp³-hybridized carbons (Fsp3) is 0.250. The highest BCUT2D eigenvalue weighted by Crippen LogP contribution is 2.25. The van der Waals surface area contributed by atoms with E-state index in [2.05, 4.69) is 10.0 Å². The molecule has 0 spiro atoms. The van der Waals surface area contributed by atoms with Crippen LogP contribution in [-0.2, 0) is 0 Å². The molecule has 0 atom stereocenters. The highest BCUT2D eigenvalue weighted by atomic mass is 16.5. The number of benzene rings is 1. The third-order valence-corrected chi connectivity index (χ3v) is 1.60. The molecule has 0 aliphatic rings. The molecule has 0 saturated carbocycles. The van der Waals surface area contributed by atoms with Crippen LogP contribution in [0, 0.1) is 6.92 Å². The van der Waals surface area contributed by atoms with Crippen LogP contribution in [-0.4, -0.2) is 11.8 Å². The minimum atomic E-state index is -0.0687. The lowest BCUT2D eigenvalue weighted by Gasteiger charge is -2.06. The second kappa shape index (κ2) is 4.23. The quantitative estimate of drug-likeness (QED) is 0.439. The maximum atomic E-state index is 9.27. The van der Waals surface area contributed by atoms with Crippen molar-refractivity contribution in [3.05, 3.63) is 34.2 Å². The lowest BCUT2D eigenvalue weighted by Crippen LogP contribution is -1.94. The summed E-state index contributed by atoms with van der Waals surface area (Å²) < 4.78 is 5.08. The molecule has 0 aliphatic carbocycles. The highest BCUT2D eigenvalue weighted by Gasteiger charge is 2.01. The number of nitrogens with zero attached hydrogens (tertiary/aromatic N) is 3. The summed E-state index contributed by atoms with van der Waals surface area (Å²) in [5.41, 5.74) is 8.63.